The van der Waals surface area contributed by atoms with E-state index < -0.39 is 23.9 Å². The summed E-state index contributed by atoms with van der Waals surface area (Å²) in [5, 5.41) is 22.2. The molecule has 0 aliphatic carbocycles. The Balaban J connectivity index is 1.20. The van der Waals surface area contributed by atoms with Crippen molar-refractivity contribution in [3.8, 4) is 11.5 Å². The molecule has 2 aliphatic heterocycles. The summed E-state index contributed by atoms with van der Waals surface area (Å²) >= 11 is 6.42. The molecule has 43 heavy (non-hydrogen) atoms. The summed E-state index contributed by atoms with van der Waals surface area (Å²) < 4.78 is 6.01. The van der Waals surface area contributed by atoms with Crippen LogP contribution in [0.15, 0.2) is 48.5 Å². The SMILES string of the molecule is CNCc1ccc(COc2cc(NC(=O)NCc3ccc4c(c3O)CN(C3CCC(=O)NC3=O)C4=O)cc(Cl)c2C)cc1. The summed E-state index contributed by atoms with van der Waals surface area (Å²) in [5.74, 6) is -0.892. The molecular weight excluding hydrogens is 574 g/mol. The third kappa shape index (κ3) is 6.58. The molecule has 0 saturated carbocycles. The maximum atomic E-state index is 12.9. The molecule has 5 rings (SSSR count). The van der Waals surface area contributed by atoms with E-state index in [1.807, 2.05) is 38.2 Å². The van der Waals surface area contributed by atoms with Gasteiger partial charge in [-0.05, 0) is 43.7 Å². The molecule has 11 nitrogen and oxygen atoms in total. The molecule has 0 bridgehead atoms. The molecule has 224 valence electrons. The van der Waals surface area contributed by atoms with Gasteiger partial charge >= 0.3 is 6.03 Å². The van der Waals surface area contributed by atoms with Crippen LogP contribution in [0.3, 0.4) is 0 Å². The minimum absolute atomic E-state index is 0.0238. The number of nitrogens with zero attached hydrogens (tertiary/aromatic N) is 1. The van der Waals surface area contributed by atoms with Crippen LogP contribution < -0.4 is 26.0 Å². The van der Waals surface area contributed by atoms with Gasteiger partial charge in [0.1, 0.15) is 24.1 Å². The fraction of sp³-hybridized carbons (Fsp3) is 0.290. The maximum absolute atomic E-state index is 12.9. The van der Waals surface area contributed by atoms with Crippen LogP contribution in [0.4, 0.5) is 10.5 Å². The van der Waals surface area contributed by atoms with Gasteiger partial charge in [0, 0.05) is 58.5 Å². The number of fused-ring (bicyclic) bond motifs is 1. The van der Waals surface area contributed by atoms with E-state index in [4.69, 9.17) is 16.3 Å². The van der Waals surface area contributed by atoms with E-state index in [0.29, 0.717) is 34.2 Å². The Kier molecular flexibility index (Phi) is 8.84. The number of nitrogens with one attached hydrogen (secondary N) is 4. The molecule has 3 aromatic rings. The third-order valence-electron chi connectivity index (χ3n) is 7.56. The third-order valence-corrected chi connectivity index (χ3v) is 7.96. The fourth-order valence-electron chi connectivity index (χ4n) is 5.16. The molecule has 5 N–H and O–H groups in total. The average molecular weight is 606 g/mol. The molecule has 2 heterocycles. The molecule has 0 spiro atoms. The van der Waals surface area contributed by atoms with Crippen LogP contribution >= 0.6 is 11.6 Å². The summed E-state index contributed by atoms with van der Waals surface area (Å²) in [6.45, 7) is 2.94. The largest absolute Gasteiger partial charge is 0.507 e. The number of amides is 5. The Labute approximate surface area is 253 Å². The fourth-order valence-corrected chi connectivity index (χ4v) is 5.37. The van der Waals surface area contributed by atoms with Gasteiger partial charge in [-0.2, -0.15) is 0 Å². The zero-order valence-corrected chi connectivity index (χ0v) is 24.5. The number of rotatable bonds is 9. The monoisotopic (exact) mass is 605 g/mol. The number of piperidine rings is 1. The van der Waals surface area contributed by atoms with Crippen molar-refractivity contribution in [1.82, 2.24) is 20.9 Å². The van der Waals surface area contributed by atoms with Gasteiger partial charge in [-0.25, -0.2) is 4.79 Å². The van der Waals surface area contributed by atoms with Crippen molar-refractivity contribution >= 4 is 41.0 Å². The predicted molar refractivity (Wildman–Crippen MR) is 160 cm³/mol. The maximum Gasteiger partial charge on any atom is 0.319 e. The number of aromatic hydroxyl groups is 1. The molecule has 3 aromatic carbocycles. The number of hydrogen-bond acceptors (Lipinski definition) is 7. The topological polar surface area (TPSA) is 149 Å². The first-order valence-electron chi connectivity index (χ1n) is 13.8. The van der Waals surface area contributed by atoms with E-state index in [1.165, 1.54) is 10.5 Å². The van der Waals surface area contributed by atoms with Crippen LogP contribution in [0, 0.1) is 6.92 Å². The highest BCUT2D eigenvalue weighted by Crippen LogP contribution is 2.35. The second kappa shape index (κ2) is 12.7. The summed E-state index contributed by atoms with van der Waals surface area (Å²) in [5.41, 5.74) is 4.38. The zero-order chi connectivity index (χ0) is 30.7. The van der Waals surface area contributed by atoms with Crippen molar-refractivity contribution in [3.05, 3.63) is 86.9 Å². The number of halogens is 1. The Hall–Kier alpha value is -4.61. The molecule has 1 atom stereocenters. The molecule has 2 aliphatic rings. The summed E-state index contributed by atoms with van der Waals surface area (Å²) in [4.78, 5) is 50.9. The predicted octanol–water partition coefficient (Wildman–Crippen LogP) is 3.74. The lowest BCUT2D eigenvalue weighted by atomic mass is 10.0. The lowest BCUT2D eigenvalue weighted by Gasteiger charge is -2.29. The van der Waals surface area contributed by atoms with Crippen LogP contribution in [0.25, 0.3) is 0 Å². The van der Waals surface area contributed by atoms with Gasteiger partial charge < -0.3 is 30.7 Å². The van der Waals surface area contributed by atoms with Gasteiger partial charge in [-0.3, -0.25) is 19.7 Å². The van der Waals surface area contributed by atoms with Crippen LogP contribution in [-0.4, -0.2) is 46.8 Å². The first-order chi connectivity index (χ1) is 20.6. The van der Waals surface area contributed by atoms with Gasteiger partial charge in [0.25, 0.3) is 5.91 Å². The Morgan fingerprint density at radius 3 is 2.56 bits per heavy atom. The van der Waals surface area contributed by atoms with Crippen molar-refractivity contribution in [2.45, 2.75) is 52.0 Å². The highest BCUT2D eigenvalue weighted by atomic mass is 35.5. The number of carbonyl (C=O) groups is 4. The van der Waals surface area contributed by atoms with Crippen LogP contribution in [0.5, 0.6) is 11.5 Å². The average Bonchev–Trinajstić information content (AvgIpc) is 3.31. The first-order valence-corrected chi connectivity index (χ1v) is 14.2. The van der Waals surface area contributed by atoms with Gasteiger partial charge in [0.15, 0.2) is 0 Å². The van der Waals surface area contributed by atoms with Gasteiger partial charge in [0.05, 0.1) is 6.54 Å². The summed E-state index contributed by atoms with van der Waals surface area (Å²) in [7, 11) is 1.89. The number of benzene rings is 3. The molecule has 5 amide bonds. The molecule has 1 fully saturated rings. The second-order valence-electron chi connectivity index (χ2n) is 10.5. The summed E-state index contributed by atoms with van der Waals surface area (Å²) in [6, 6.07) is 13.2. The van der Waals surface area contributed by atoms with Gasteiger partial charge in [-0.15, -0.1) is 0 Å². The Bertz CT molecular complexity index is 1590. The first kappa shape index (κ1) is 29.9. The van der Waals surface area contributed by atoms with Crippen molar-refractivity contribution in [2.75, 3.05) is 12.4 Å². The number of anilines is 1. The Morgan fingerprint density at radius 1 is 1.09 bits per heavy atom. The number of hydrogen-bond donors (Lipinski definition) is 5. The van der Waals surface area contributed by atoms with Crippen LogP contribution in [-0.2, 0) is 35.8 Å². The zero-order valence-electron chi connectivity index (χ0n) is 23.8. The Morgan fingerprint density at radius 2 is 1.84 bits per heavy atom. The van der Waals surface area contributed by atoms with Gasteiger partial charge in [0.2, 0.25) is 11.8 Å². The second-order valence-corrected chi connectivity index (χ2v) is 10.9. The molecule has 0 aromatic heterocycles. The quantitative estimate of drug-likeness (QED) is 0.233. The van der Waals surface area contributed by atoms with E-state index >= 15 is 0 Å². The number of carbonyl (C=O) groups excluding carboxylic acids is 4. The van der Waals surface area contributed by atoms with E-state index in [-0.39, 0.29) is 43.2 Å². The molecule has 0 radical (unpaired) electrons. The number of phenolic OH excluding ortho intramolecular Hbond substituents is 1. The number of ether oxygens (including phenoxy) is 1. The van der Waals surface area contributed by atoms with Crippen molar-refractivity contribution in [2.24, 2.45) is 0 Å². The van der Waals surface area contributed by atoms with Crippen LogP contribution in [0.2, 0.25) is 5.02 Å². The number of urea groups is 1. The molecule has 1 unspecified atom stereocenters. The van der Waals surface area contributed by atoms with E-state index in [0.717, 1.165) is 17.7 Å². The lowest BCUT2D eigenvalue weighted by Crippen LogP contribution is -2.52. The van der Waals surface area contributed by atoms with Crippen molar-refractivity contribution in [3.63, 3.8) is 0 Å². The standard InChI is InChI=1S/C31H32ClN5O6/c1-17-24(32)11-21(12-26(17)43-16-19-5-3-18(4-6-19)13-33-2)35-31(42)34-14-20-7-8-22-23(28(20)39)15-37(30(22)41)25-9-10-27(38)36-29(25)40/h3-8,11-12,25,33,39H,9-10,13-16H2,1-2H3,(H2,34,35,42)(H,36,38,40). The highest BCUT2D eigenvalue weighted by Gasteiger charge is 2.40. The number of phenols is 1. The highest BCUT2D eigenvalue weighted by molar-refractivity contribution is 6.32. The lowest BCUT2D eigenvalue weighted by molar-refractivity contribution is -0.136. The molecular formula is C31H32ClN5O6. The molecule has 1 saturated heterocycles. The normalized spacial score (nSPS) is 16.1. The smallest absolute Gasteiger partial charge is 0.319 e. The summed E-state index contributed by atoms with van der Waals surface area (Å²) in [6.07, 6.45) is 0.358. The van der Waals surface area contributed by atoms with Crippen LogP contribution in [0.1, 0.15) is 51.0 Å². The van der Waals surface area contributed by atoms with Crippen molar-refractivity contribution in [1.29, 1.82) is 0 Å². The number of imide groups is 1. The van der Waals surface area contributed by atoms with E-state index in [2.05, 4.69) is 21.3 Å². The van der Waals surface area contributed by atoms with E-state index in [1.54, 1.807) is 24.3 Å². The minimum atomic E-state index is -0.788. The van der Waals surface area contributed by atoms with Gasteiger partial charge in [-0.1, -0.05) is 41.9 Å². The van der Waals surface area contributed by atoms with E-state index in [9.17, 15) is 24.3 Å². The van der Waals surface area contributed by atoms with Crippen molar-refractivity contribution < 1.29 is 29.0 Å². The minimum Gasteiger partial charge on any atom is -0.507 e. The molecule has 12 heteroatoms.